The van der Waals surface area contributed by atoms with E-state index in [1.807, 2.05) is 12.1 Å². The standard InChI is InChI=1S/C15H23FN2/c1-12-6-7-13(9-15(12)16)10-18(2)11-14-5-3-4-8-17-14/h6-7,9,14,17H,3-5,8,10-11H2,1-2H3. The van der Waals surface area contributed by atoms with Gasteiger partial charge in [-0.1, -0.05) is 18.6 Å². The smallest absolute Gasteiger partial charge is 0.126 e. The normalized spacial score (nSPS) is 20.3. The maximum atomic E-state index is 13.5. The second-order valence-corrected chi connectivity index (χ2v) is 5.43. The first-order chi connectivity index (χ1) is 8.65. The van der Waals surface area contributed by atoms with Gasteiger partial charge in [0.25, 0.3) is 0 Å². The average Bonchev–Trinajstić information content (AvgIpc) is 2.35. The molecule has 1 aliphatic rings. The van der Waals surface area contributed by atoms with Crippen molar-refractivity contribution in [3.05, 3.63) is 35.1 Å². The Morgan fingerprint density at radius 1 is 1.39 bits per heavy atom. The number of benzene rings is 1. The molecule has 1 aliphatic heterocycles. The zero-order chi connectivity index (χ0) is 13.0. The molecule has 3 heteroatoms. The average molecular weight is 250 g/mol. The van der Waals surface area contributed by atoms with Crippen LogP contribution in [0.25, 0.3) is 0 Å². The van der Waals surface area contributed by atoms with Gasteiger partial charge in [0.05, 0.1) is 0 Å². The molecule has 0 aliphatic carbocycles. The highest BCUT2D eigenvalue weighted by Gasteiger charge is 2.14. The van der Waals surface area contributed by atoms with Gasteiger partial charge >= 0.3 is 0 Å². The van der Waals surface area contributed by atoms with Gasteiger partial charge in [-0.2, -0.15) is 0 Å². The Balaban J connectivity index is 1.85. The largest absolute Gasteiger partial charge is 0.313 e. The molecule has 0 spiro atoms. The molecule has 1 N–H and O–H groups in total. The van der Waals surface area contributed by atoms with Crippen molar-refractivity contribution >= 4 is 0 Å². The van der Waals surface area contributed by atoms with Crippen LogP contribution >= 0.6 is 0 Å². The van der Waals surface area contributed by atoms with Gasteiger partial charge in [0.2, 0.25) is 0 Å². The molecule has 100 valence electrons. The van der Waals surface area contributed by atoms with Crippen LogP contribution in [0.15, 0.2) is 18.2 Å². The number of hydrogen-bond acceptors (Lipinski definition) is 2. The van der Waals surface area contributed by atoms with Gasteiger partial charge in [0, 0.05) is 19.1 Å². The summed E-state index contributed by atoms with van der Waals surface area (Å²) in [4.78, 5) is 2.27. The minimum atomic E-state index is -0.100. The Morgan fingerprint density at radius 3 is 2.89 bits per heavy atom. The molecule has 0 amide bonds. The highest BCUT2D eigenvalue weighted by Crippen LogP contribution is 2.12. The summed E-state index contributed by atoms with van der Waals surface area (Å²) in [7, 11) is 2.11. The van der Waals surface area contributed by atoms with Gasteiger partial charge < -0.3 is 10.2 Å². The summed E-state index contributed by atoms with van der Waals surface area (Å²) in [5, 5.41) is 3.54. The van der Waals surface area contributed by atoms with Crippen molar-refractivity contribution in [2.45, 2.75) is 38.8 Å². The summed E-state index contributed by atoms with van der Waals surface area (Å²) < 4.78 is 13.5. The number of likely N-dealkylation sites (N-methyl/N-ethyl adjacent to an activating group) is 1. The first-order valence-corrected chi connectivity index (χ1v) is 6.82. The summed E-state index contributed by atoms with van der Waals surface area (Å²) in [6.45, 7) is 4.79. The number of rotatable bonds is 4. The minimum absolute atomic E-state index is 0.100. The summed E-state index contributed by atoms with van der Waals surface area (Å²) in [6, 6.07) is 6.12. The molecular formula is C15H23FN2. The van der Waals surface area contributed by atoms with E-state index in [9.17, 15) is 4.39 Å². The zero-order valence-corrected chi connectivity index (χ0v) is 11.4. The zero-order valence-electron chi connectivity index (χ0n) is 11.4. The van der Waals surface area contributed by atoms with Crippen molar-refractivity contribution < 1.29 is 4.39 Å². The lowest BCUT2D eigenvalue weighted by atomic mass is 10.0. The number of piperidine rings is 1. The van der Waals surface area contributed by atoms with Crippen LogP contribution in [-0.2, 0) is 6.54 Å². The van der Waals surface area contributed by atoms with Crippen LogP contribution in [0.5, 0.6) is 0 Å². The van der Waals surface area contributed by atoms with Gasteiger partial charge in [0.15, 0.2) is 0 Å². The fraction of sp³-hybridized carbons (Fsp3) is 0.600. The molecular weight excluding hydrogens is 227 g/mol. The summed E-state index contributed by atoms with van der Waals surface area (Å²) in [5.41, 5.74) is 1.77. The van der Waals surface area contributed by atoms with Crippen LogP contribution in [0.4, 0.5) is 4.39 Å². The fourth-order valence-corrected chi connectivity index (χ4v) is 2.57. The monoisotopic (exact) mass is 250 g/mol. The molecule has 0 radical (unpaired) electrons. The topological polar surface area (TPSA) is 15.3 Å². The number of halogens is 1. The molecule has 0 saturated carbocycles. The second kappa shape index (κ2) is 6.30. The van der Waals surface area contributed by atoms with Crippen molar-refractivity contribution in [1.82, 2.24) is 10.2 Å². The van der Waals surface area contributed by atoms with Crippen LogP contribution in [0.1, 0.15) is 30.4 Å². The lowest BCUT2D eigenvalue weighted by Gasteiger charge is -2.28. The summed E-state index contributed by atoms with van der Waals surface area (Å²) in [5.74, 6) is -0.100. The van der Waals surface area contributed by atoms with E-state index in [2.05, 4.69) is 17.3 Å². The lowest BCUT2D eigenvalue weighted by molar-refractivity contribution is 0.256. The Hall–Kier alpha value is -0.930. The van der Waals surface area contributed by atoms with Gasteiger partial charge in [-0.3, -0.25) is 0 Å². The molecule has 18 heavy (non-hydrogen) atoms. The van der Waals surface area contributed by atoms with Gasteiger partial charge in [-0.25, -0.2) is 4.39 Å². The van der Waals surface area contributed by atoms with Crippen molar-refractivity contribution in [3.8, 4) is 0 Å². The summed E-state index contributed by atoms with van der Waals surface area (Å²) in [6.07, 6.45) is 3.88. The number of hydrogen-bond donors (Lipinski definition) is 1. The van der Waals surface area contributed by atoms with E-state index in [4.69, 9.17) is 0 Å². The molecule has 1 fully saturated rings. The maximum Gasteiger partial charge on any atom is 0.126 e. The predicted octanol–water partition coefficient (Wildman–Crippen LogP) is 2.71. The van der Waals surface area contributed by atoms with E-state index in [0.29, 0.717) is 6.04 Å². The van der Waals surface area contributed by atoms with Crippen LogP contribution in [0, 0.1) is 12.7 Å². The Bertz CT molecular complexity index is 386. The molecule has 1 atom stereocenters. The van der Waals surface area contributed by atoms with Crippen molar-refractivity contribution in [3.63, 3.8) is 0 Å². The second-order valence-electron chi connectivity index (χ2n) is 5.43. The molecule has 1 heterocycles. The Kier molecular flexibility index (Phi) is 4.72. The van der Waals surface area contributed by atoms with Gasteiger partial charge in [-0.15, -0.1) is 0 Å². The van der Waals surface area contributed by atoms with E-state index in [1.165, 1.54) is 19.3 Å². The molecule has 1 aromatic carbocycles. The van der Waals surface area contributed by atoms with E-state index in [0.717, 1.165) is 30.8 Å². The van der Waals surface area contributed by atoms with Crippen LogP contribution in [-0.4, -0.2) is 31.1 Å². The third-order valence-corrected chi connectivity index (χ3v) is 3.63. The molecule has 0 bridgehead atoms. The third-order valence-electron chi connectivity index (χ3n) is 3.63. The van der Waals surface area contributed by atoms with Crippen molar-refractivity contribution in [1.29, 1.82) is 0 Å². The van der Waals surface area contributed by atoms with Gasteiger partial charge in [-0.05, 0) is 50.6 Å². The molecule has 1 unspecified atom stereocenters. The minimum Gasteiger partial charge on any atom is -0.313 e. The lowest BCUT2D eigenvalue weighted by Crippen LogP contribution is -2.42. The molecule has 2 nitrogen and oxygen atoms in total. The van der Waals surface area contributed by atoms with Crippen LogP contribution in [0.3, 0.4) is 0 Å². The highest BCUT2D eigenvalue weighted by atomic mass is 19.1. The number of aryl methyl sites for hydroxylation is 1. The SMILES string of the molecule is Cc1ccc(CN(C)CC2CCCCN2)cc1F. The maximum absolute atomic E-state index is 13.5. The molecule has 0 aromatic heterocycles. The van der Waals surface area contributed by atoms with Crippen molar-refractivity contribution in [2.75, 3.05) is 20.1 Å². The Labute approximate surface area is 109 Å². The van der Waals surface area contributed by atoms with Crippen molar-refractivity contribution in [2.24, 2.45) is 0 Å². The Morgan fingerprint density at radius 2 is 2.22 bits per heavy atom. The first kappa shape index (κ1) is 13.5. The molecule has 1 aromatic rings. The highest BCUT2D eigenvalue weighted by molar-refractivity contribution is 5.23. The summed E-state index contributed by atoms with van der Waals surface area (Å²) >= 11 is 0. The van der Waals surface area contributed by atoms with E-state index in [1.54, 1.807) is 13.0 Å². The first-order valence-electron chi connectivity index (χ1n) is 6.82. The van der Waals surface area contributed by atoms with E-state index < -0.39 is 0 Å². The predicted molar refractivity (Wildman–Crippen MR) is 73.1 cm³/mol. The number of nitrogens with one attached hydrogen (secondary N) is 1. The fourth-order valence-electron chi connectivity index (χ4n) is 2.57. The van der Waals surface area contributed by atoms with Crippen LogP contribution in [0.2, 0.25) is 0 Å². The molecule has 2 rings (SSSR count). The van der Waals surface area contributed by atoms with Gasteiger partial charge in [0.1, 0.15) is 5.82 Å². The molecule has 1 saturated heterocycles. The van der Waals surface area contributed by atoms with E-state index >= 15 is 0 Å². The van der Waals surface area contributed by atoms with Crippen LogP contribution < -0.4 is 5.32 Å². The van der Waals surface area contributed by atoms with E-state index in [-0.39, 0.29) is 5.82 Å². The quantitative estimate of drug-likeness (QED) is 0.884. The third kappa shape index (κ3) is 3.79. The number of nitrogens with zero attached hydrogens (tertiary/aromatic N) is 1.